The number of hydrogen-bond donors (Lipinski definition) is 2. The quantitative estimate of drug-likeness (QED) is 0.762. The van der Waals surface area contributed by atoms with Crippen molar-refractivity contribution in [2.24, 2.45) is 0 Å². The van der Waals surface area contributed by atoms with Gasteiger partial charge < -0.3 is 20.1 Å². The first kappa shape index (κ1) is 21.8. The van der Waals surface area contributed by atoms with Gasteiger partial charge in [0.15, 0.2) is 0 Å². The number of nitrogens with one attached hydrogen (secondary N) is 2. The Balaban J connectivity index is 2.22. The fraction of sp³-hybridized carbons (Fsp3) is 0.474. The smallest absolute Gasteiger partial charge is 0.408 e. The molecule has 0 saturated carbocycles. The van der Waals surface area contributed by atoms with Gasteiger partial charge in [-0.3, -0.25) is 4.79 Å². The van der Waals surface area contributed by atoms with E-state index in [1.54, 1.807) is 34.6 Å². The van der Waals surface area contributed by atoms with E-state index in [0.717, 1.165) is 17.1 Å². The lowest BCUT2D eigenvalue weighted by molar-refractivity contribution is -0.125. The van der Waals surface area contributed by atoms with Crippen molar-refractivity contribution in [3.63, 3.8) is 0 Å². The Morgan fingerprint density at radius 2 is 1.75 bits per heavy atom. The number of anilines is 1. The maximum absolute atomic E-state index is 13.0. The highest BCUT2D eigenvalue weighted by Gasteiger charge is 2.38. The largest absolute Gasteiger partial charge is 0.444 e. The molecular formula is C19H26N4O4S. The van der Waals surface area contributed by atoms with E-state index in [2.05, 4.69) is 20.2 Å². The van der Waals surface area contributed by atoms with Crippen LogP contribution in [0.1, 0.15) is 34.6 Å². The van der Waals surface area contributed by atoms with Gasteiger partial charge in [0, 0.05) is 24.2 Å². The highest BCUT2D eigenvalue weighted by molar-refractivity contribution is 7.10. The Morgan fingerprint density at radius 3 is 2.32 bits per heavy atom. The molecule has 2 N–H and O–H groups in total. The molecule has 1 atom stereocenters. The van der Waals surface area contributed by atoms with E-state index in [1.165, 1.54) is 7.11 Å². The predicted octanol–water partition coefficient (Wildman–Crippen LogP) is 3.46. The van der Waals surface area contributed by atoms with Gasteiger partial charge in [0.25, 0.3) is 5.91 Å². The van der Waals surface area contributed by atoms with Crippen molar-refractivity contribution in [3.05, 3.63) is 30.3 Å². The molecule has 152 valence electrons. The van der Waals surface area contributed by atoms with Crippen LogP contribution in [0.2, 0.25) is 0 Å². The average Bonchev–Trinajstić information content (AvgIpc) is 3.06. The third kappa shape index (κ3) is 5.74. The van der Waals surface area contributed by atoms with E-state index in [1.807, 2.05) is 30.3 Å². The van der Waals surface area contributed by atoms with Gasteiger partial charge in [-0.25, -0.2) is 4.79 Å². The van der Waals surface area contributed by atoms with Crippen LogP contribution in [0.25, 0.3) is 11.3 Å². The summed E-state index contributed by atoms with van der Waals surface area (Å²) in [5, 5.41) is 9.99. The third-order valence-corrected chi connectivity index (χ3v) is 4.56. The van der Waals surface area contributed by atoms with E-state index in [-0.39, 0.29) is 0 Å². The molecule has 0 radical (unpaired) electrons. The van der Waals surface area contributed by atoms with Crippen LogP contribution in [-0.2, 0) is 14.3 Å². The van der Waals surface area contributed by atoms with Gasteiger partial charge >= 0.3 is 6.09 Å². The molecule has 8 nitrogen and oxygen atoms in total. The lowest BCUT2D eigenvalue weighted by atomic mass is 9.97. The van der Waals surface area contributed by atoms with Crippen LogP contribution in [0.15, 0.2) is 30.3 Å². The van der Waals surface area contributed by atoms with E-state index < -0.39 is 29.2 Å². The number of benzene rings is 1. The molecule has 0 aliphatic carbocycles. The fourth-order valence-electron chi connectivity index (χ4n) is 2.34. The molecule has 1 heterocycles. The Kier molecular flexibility index (Phi) is 6.73. The molecule has 2 rings (SSSR count). The summed E-state index contributed by atoms with van der Waals surface area (Å²) in [6.07, 6.45) is -0.705. The second-order valence-electron chi connectivity index (χ2n) is 7.69. The summed E-state index contributed by atoms with van der Waals surface area (Å²) in [6, 6.07) is 8.40. The number of amides is 2. The number of nitrogens with zero attached hydrogens (tertiary/aromatic N) is 2. The van der Waals surface area contributed by atoms with Crippen molar-refractivity contribution in [2.75, 3.05) is 12.4 Å². The average molecular weight is 407 g/mol. The number of carbonyl (C=O) groups is 2. The molecule has 0 aliphatic heterocycles. The second-order valence-corrected chi connectivity index (χ2v) is 8.45. The summed E-state index contributed by atoms with van der Waals surface area (Å²) < 4.78 is 14.6. The standard InChI is InChI=1S/C19H26N4O4S/c1-18(2,3)27-17(25)20-14(19(4,5)26-6)15(24)21-16-13(22-23-28-16)12-10-8-7-9-11-12/h7-11,14H,1-6H3,(H,20,25)(H,21,24). The summed E-state index contributed by atoms with van der Waals surface area (Å²) in [5.74, 6) is -0.457. The van der Waals surface area contributed by atoms with Crippen molar-refractivity contribution >= 4 is 28.5 Å². The molecule has 9 heteroatoms. The van der Waals surface area contributed by atoms with Gasteiger partial charge in [0.2, 0.25) is 0 Å². The van der Waals surface area contributed by atoms with E-state index in [4.69, 9.17) is 9.47 Å². The Labute approximate surface area is 168 Å². The maximum Gasteiger partial charge on any atom is 0.408 e. The minimum Gasteiger partial charge on any atom is -0.444 e. The first-order valence-electron chi connectivity index (χ1n) is 8.77. The first-order chi connectivity index (χ1) is 13.0. The molecule has 0 saturated heterocycles. The first-order valence-corrected chi connectivity index (χ1v) is 9.54. The van der Waals surface area contributed by atoms with Gasteiger partial charge in [-0.05, 0) is 34.6 Å². The Morgan fingerprint density at radius 1 is 1.11 bits per heavy atom. The number of ether oxygens (including phenoxy) is 2. The third-order valence-electron chi connectivity index (χ3n) is 3.92. The van der Waals surface area contributed by atoms with Gasteiger partial charge in [-0.15, -0.1) is 5.10 Å². The normalized spacial score (nSPS) is 12.9. The van der Waals surface area contributed by atoms with Crippen molar-refractivity contribution in [1.29, 1.82) is 0 Å². The van der Waals surface area contributed by atoms with Gasteiger partial charge in [0.1, 0.15) is 22.3 Å². The molecule has 2 amide bonds. The highest BCUT2D eigenvalue weighted by Crippen LogP contribution is 2.29. The van der Waals surface area contributed by atoms with Gasteiger partial charge in [-0.1, -0.05) is 34.8 Å². The predicted molar refractivity (Wildman–Crippen MR) is 108 cm³/mol. The fourth-order valence-corrected chi connectivity index (χ4v) is 2.94. The number of hydrogen-bond acceptors (Lipinski definition) is 7. The van der Waals surface area contributed by atoms with Crippen LogP contribution < -0.4 is 10.6 Å². The van der Waals surface area contributed by atoms with Crippen molar-refractivity contribution in [3.8, 4) is 11.3 Å². The monoisotopic (exact) mass is 406 g/mol. The lowest BCUT2D eigenvalue weighted by Gasteiger charge is -2.33. The summed E-state index contributed by atoms with van der Waals surface area (Å²) in [7, 11) is 1.47. The highest BCUT2D eigenvalue weighted by atomic mass is 32.1. The van der Waals surface area contributed by atoms with Crippen LogP contribution in [0.3, 0.4) is 0 Å². The zero-order chi connectivity index (χ0) is 20.9. The van der Waals surface area contributed by atoms with E-state index >= 15 is 0 Å². The number of aromatic nitrogens is 2. The minimum atomic E-state index is -1.00. The Bertz CT molecular complexity index is 815. The maximum atomic E-state index is 13.0. The van der Waals surface area contributed by atoms with Gasteiger partial charge in [-0.2, -0.15) is 0 Å². The number of alkyl carbamates (subject to hydrolysis) is 1. The lowest BCUT2D eigenvalue weighted by Crippen LogP contribution is -2.57. The summed E-state index contributed by atoms with van der Waals surface area (Å²) in [5.41, 5.74) is -0.282. The summed E-state index contributed by atoms with van der Waals surface area (Å²) >= 11 is 1.06. The van der Waals surface area contributed by atoms with Gasteiger partial charge in [0.05, 0.1) is 5.60 Å². The molecule has 1 aromatic heterocycles. The minimum absolute atomic E-state index is 0.457. The molecule has 0 aliphatic rings. The van der Waals surface area contributed by atoms with Crippen molar-refractivity contribution < 1.29 is 19.1 Å². The van der Waals surface area contributed by atoms with E-state index in [0.29, 0.717) is 10.7 Å². The molecule has 1 aromatic carbocycles. The molecule has 0 spiro atoms. The summed E-state index contributed by atoms with van der Waals surface area (Å²) in [4.78, 5) is 25.2. The number of methoxy groups -OCH3 is 1. The van der Waals surface area contributed by atoms with Crippen LogP contribution in [0.5, 0.6) is 0 Å². The Hall–Kier alpha value is -2.52. The van der Waals surface area contributed by atoms with E-state index in [9.17, 15) is 9.59 Å². The molecule has 2 aromatic rings. The molecule has 0 bridgehead atoms. The van der Waals surface area contributed by atoms with Crippen molar-refractivity contribution in [2.45, 2.75) is 51.9 Å². The molecule has 0 fully saturated rings. The SMILES string of the molecule is COC(C)(C)C(NC(=O)OC(C)(C)C)C(=O)Nc1snnc1-c1ccccc1. The number of carbonyl (C=O) groups excluding carboxylic acids is 2. The van der Waals surface area contributed by atoms with Crippen LogP contribution in [0.4, 0.5) is 9.80 Å². The second kappa shape index (κ2) is 8.66. The van der Waals surface area contributed by atoms with Crippen LogP contribution in [-0.4, -0.2) is 45.9 Å². The zero-order valence-corrected chi connectivity index (χ0v) is 17.7. The molecule has 28 heavy (non-hydrogen) atoms. The summed E-state index contributed by atoms with van der Waals surface area (Å²) in [6.45, 7) is 8.66. The topological polar surface area (TPSA) is 102 Å². The molecule has 1 unspecified atom stereocenters. The van der Waals surface area contributed by atoms with Crippen molar-refractivity contribution in [1.82, 2.24) is 14.9 Å². The number of rotatable bonds is 6. The van der Waals surface area contributed by atoms with Crippen LogP contribution in [0, 0.1) is 0 Å². The zero-order valence-electron chi connectivity index (χ0n) is 16.9. The molecular weight excluding hydrogens is 380 g/mol. The van der Waals surface area contributed by atoms with Crippen LogP contribution >= 0.6 is 11.5 Å².